The molecular weight excluding hydrogens is 321 g/mol. The molecule has 0 saturated carbocycles. The predicted molar refractivity (Wildman–Crippen MR) is 93.8 cm³/mol. The normalized spacial score (nSPS) is 16.1. The number of hydrogen-bond donors (Lipinski definition) is 0. The molecule has 130 valence electrons. The van der Waals surface area contributed by atoms with E-state index in [1.807, 2.05) is 6.07 Å². The monoisotopic (exact) mass is 342 g/mol. The summed E-state index contributed by atoms with van der Waals surface area (Å²) in [4.78, 5) is 0. The Hall–Kier alpha value is -2.21. The Balaban J connectivity index is 1.81. The van der Waals surface area contributed by atoms with Crippen LogP contribution in [0.1, 0.15) is 54.9 Å². The van der Waals surface area contributed by atoms with E-state index in [1.54, 1.807) is 6.07 Å². The van der Waals surface area contributed by atoms with Crippen LogP contribution >= 0.6 is 0 Å². The lowest BCUT2D eigenvalue weighted by molar-refractivity contribution is 0.411. The van der Waals surface area contributed by atoms with E-state index in [0.29, 0.717) is 17.0 Å². The van der Waals surface area contributed by atoms with Crippen LogP contribution in [-0.4, -0.2) is 0 Å². The van der Waals surface area contributed by atoms with Crippen molar-refractivity contribution < 1.29 is 13.2 Å². The molecule has 0 radical (unpaired) electrons. The lowest BCUT2D eigenvalue weighted by Gasteiger charge is -2.25. The fourth-order valence-corrected chi connectivity index (χ4v) is 3.40. The van der Waals surface area contributed by atoms with Crippen molar-refractivity contribution in [2.75, 3.05) is 0 Å². The van der Waals surface area contributed by atoms with Crippen molar-refractivity contribution in [2.24, 2.45) is 5.92 Å². The minimum Gasteiger partial charge on any atom is -0.206 e. The second-order valence-corrected chi connectivity index (χ2v) is 6.73. The SMILES string of the molecule is CCCCC1CCc2cc(C#Cc3ccc(F)c(F)c3)c(F)cc2C1. The van der Waals surface area contributed by atoms with Crippen molar-refractivity contribution in [3.63, 3.8) is 0 Å². The molecule has 1 aliphatic rings. The maximum absolute atomic E-state index is 14.4. The average molecular weight is 342 g/mol. The zero-order valence-corrected chi connectivity index (χ0v) is 14.3. The molecule has 0 nitrogen and oxygen atoms in total. The third kappa shape index (κ3) is 4.25. The molecule has 1 unspecified atom stereocenters. The van der Waals surface area contributed by atoms with Gasteiger partial charge in [-0.1, -0.05) is 38.0 Å². The van der Waals surface area contributed by atoms with Crippen molar-refractivity contribution >= 4 is 0 Å². The quantitative estimate of drug-likeness (QED) is 0.619. The highest BCUT2D eigenvalue weighted by Gasteiger charge is 2.20. The highest BCUT2D eigenvalue weighted by Crippen LogP contribution is 2.30. The Morgan fingerprint density at radius 2 is 1.80 bits per heavy atom. The molecule has 0 fully saturated rings. The predicted octanol–water partition coefficient (Wildman–Crippen LogP) is 5.80. The van der Waals surface area contributed by atoms with Crippen LogP contribution in [-0.2, 0) is 12.8 Å². The zero-order chi connectivity index (χ0) is 17.8. The fourth-order valence-electron chi connectivity index (χ4n) is 3.40. The Bertz CT molecular complexity index is 827. The van der Waals surface area contributed by atoms with E-state index < -0.39 is 11.6 Å². The number of rotatable bonds is 3. The summed E-state index contributed by atoms with van der Waals surface area (Å²) in [6, 6.07) is 6.85. The molecular formula is C22H21F3. The molecule has 2 aromatic rings. The smallest absolute Gasteiger partial charge is 0.160 e. The molecule has 1 aliphatic carbocycles. The van der Waals surface area contributed by atoms with Gasteiger partial charge in [0, 0.05) is 5.56 Å². The van der Waals surface area contributed by atoms with Crippen LogP contribution in [0.2, 0.25) is 0 Å². The highest BCUT2D eigenvalue weighted by molar-refractivity contribution is 5.47. The molecule has 2 aromatic carbocycles. The minimum atomic E-state index is -0.948. The van der Waals surface area contributed by atoms with Gasteiger partial charge in [0.15, 0.2) is 11.6 Å². The van der Waals surface area contributed by atoms with Crippen LogP contribution < -0.4 is 0 Å². The van der Waals surface area contributed by atoms with Crippen LogP contribution in [0.4, 0.5) is 13.2 Å². The number of unbranched alkanes of at least 4 members (excludes halogenated alkanes) is 1. The molecule has 0 spiro atoms. The molecule has 0 saturated heterocycles. The Morgan fingerprint density at radius 3 is 2.56 bits per heavy atom. The van der Waals surface area contributed by atoms with Gasteiger partial charge in [0.1, 0.15) is 5.82 Å². The first-order chi connectivity index (χ1) is 12.1. The van der Waals surface area contributed by atoms with Crippen LogP contribution in [0.15, 0.2) is 30.3 Å². The van der Waals surface area contributed by atoms with Gasteiger partial charge < -0.3 is 0 Å². The molecule has 3 rings (SSSR count). The molecule has 3 heteroatoms. The first kappa shape index (κ1) is 17.6. The van der Waals surface area contributed by atoms with Gasteiger partial charge in [-0.05, 0) is 66.6 Å². The lowest BCUT2D eigenvalue weighted by Crippen LogP contribution is -2.15. The van der Waals surface area contributed by atoms with Crippen molar-refractivity contribution in [3.8, 4) is 11.8 Å². The maximum Gasteiger partial charge on any atom is 0.160 e. The van der Waals surface area contributed by atoms with Crippen LogP contribution in [0, 0.1) is 35.2 Å². The van der Waals surface area contributed by atoms with E-state index >= 15 is 0 Å². The van der Waals surface area contributed by atoms with Crippen molar-refractivity contribution in [2.45, 2.75) is 45.4 Å². The van der Waals surface area contributed by atoms with Crippen LogP contribution in [0.3, 0.4) is 0 Å². The zero-order valence-electron chi connectivity index (χ0n) is 14.3. The van der Waals surface area contributed by atoms with Crippen molar-refractivity contribution in [1.29, 1.82) is 0 Å². The van der Waals surface area contributed by atoms with Crippen molar-refractivity contribution in [1.82, 2.24) is 0 Å². The van der Waals surface area contributed by atoms with Gasteiger partial charge in [0.25, 0.3) is 0 Å². The topological polar surface area (TPSA) is 0 Å². The number of halogens is 3. The molecule has 0 aromatic heterocycles. The molecule has 25 heavy (non-hydrogen) atoms. The summed E-state index contributed by atoms with van der Waals surface area (Å²) in [7, 11) is 0. The van der Waals surface area contributed by atoms with Gasteiger partial charge in [-0.25, -0.2) is 13.2 Å². The standard InChI is InChI=1S/C22H21F3/c1-2-3-4-15-5-8-17-13-18(21(24)14-19(17)11-15)9-6-16-7-10-20(23)22(25)12-16/h7,10,12-15H,2-5,8,11H2,1H3. The summed E-state index contributed by atoms with van der Waals surface area (Å²) >= 11 is 0. The van der Waals surface area contributed by atoms with Gasteiger partial charge in [-0.3, -0.25) is 0 Å². The largest absolute Gasteiger partial charge is 0.206 e. The Labute approximate surface area is 147 Å². The summed E-state index contributed by atoms with van der Waals surface area (Å²) in [5.41, 5.74) is 2.89. The van der Waals surface area contributed by atoms with E-state index in [2.05, 4.69) is 18.8 Å². The summed E-state index contributed by atoms with van der Waals surface area (Å²) in [5, 5.41) is 0. The summed E-state index contributed by atoms with van der Waals surface area (Å²) in [6.07, 6.45) is 6.63. The van der Waals surface area contributed by atoms with E-state index in [-0.39, 0.29) is 5.82 Å². The number of aryl methyl sites for hydroxylation is 1. The fraction of sp³-hybridized carbons (Fsp3) is 0.364. The van der Waals surface area contributed by atoms with Gasteiger partial charge in [-0.2, -0.15) is 0 Å². The molecule has 0 heterocycles. The molecule has 0 aliphatic heterocycles. The summed E-state index contributed by atoms with van der Waals surface area (Å²) < 4.78 is 40.5. The van der Waals surface area contributed by atoms with E-state index in [0.717, 1.165) is 42.5 Å². The molecule has 0 N–H and O–H groups in total. The number of fused-ring (bicyclic) bond motifs is 1. The van der Waals surface area contributed by atoms with E-state index in [4.69, 9.17) is 0 Å². The van der Waals surface area contributed by atoms with Gasteiger partial charge in [0.05, 0.1) is 5.56 Å². The molecule has 0 amide bonds. The maximum atomic E-state index is 14.4. The first-order valence-corrected chi connectivity index (χ1v) is 8.85. The van der Waals surface area contributed by atoms with Gasteiger partial charge >= 0.3 is 0 Å². The van der Waals surface area contributed by atoms with E-state index in [9.17, 15) is 13.2 Å². The lowest BCUT2D eigenvalue weighted by atomic mass is 9.81. The summed E-state index contributed by atoms with van der Waals surface area (Å²) in [6.45, 7) is 2.19. The third-order valence-corrected chi connectivity index (χ3v) is 4.85. The number of hydrogen-bond acceptors (Lipinski definition) is 0. The molecule has 0 bridgehead atoms. The third-order valence-electron chi connectivity index (χ3n) is 4.85. The Kier molecular flexibility index (Phi) is 5.48. The highest BCUT2D eigenvalue weighted by atomic mass is 19.2. The minimum absolute atomic E-state index is 0.315. The van der Waals surface area contributed by atoms with Crippen LogP contribution in [0.25, 0.3) is 0 Å². The van der Waals surface area contributed by atoms with Gasteiger partial charge in [0.2, 0.25) is 0 Å². The summed E-state index contributed by atoms with van der Waals surface area (Å²) in [5.74, 6) is 3.91. The second-order valence-electron chi connectivity index (χ2n) is 6.73. The number of benzene rings is 2. The second kappa shape index (κ2) is 7.78. The van der Waals surface area contributed by atoms with Crippen molar-refractivity contribution in [3.05, 3.63) is 70.0 Å². The van der Waals surface area contributed by atoms with E-state index in [1.165, 1.54) is 25.3 Å². The molecule has 1 atom stereocenters. The average Bonchev–Trinajstić information content (AvgIpc) is 2.61. The van der Waals surface area contributed by atoms with Crippen LogP contribution in [0.5, 0.6) is 0 Å². The first-order valence-electron chi connectivity index (χ1n) is 8.85. The Morgan fingerprint density at radius 1 is 0.960 bits per heavy atom. The van der Waals surface area contributed by atoms with Gasteiger partial charge in [-0.15, -0.1) is 0 Å².